The van der Waals surface area contributed by atoms with E-state index in [1.807, 2.05) is 12.1 Å². The predicted molar refractivity (Wildman–Crippen MR) is 111 cm³/mol. The summed E-state index contributed by atoms with van der Waals surface area (Å²) >= 11 is 9.27. The van der Waals surface area contributed by atoms with Crippen LogP contribution >= 0.6 is 27.5 Å². The van der Waals surface area contributed by atoms with Gasteiger partial charge in [-0.2, -0.15) is 0 Å². The van der Waals surface area contributed by atoms with Crippen LogP contribution in [0.2, 0.25) is 5.02 Å². The Morgan fingerprint density at radius 2 is 2.00 bits per heavy atom. The number of nitro groups is 1. The number of hydrogen-bond donors (Lipinski definition) is 0. The molecule has 29 heavy (non-hydrogen) atoms. The van der Waals surface area contributed by atoms with Gasteiger partial charge in [0.05, 0.1) is 12.1 Å². The molecule has 0 aliphatic rings. The van der Waals surface area contributed by atoms with Crippen molar-refractivity contribution in [1.29, 1.82) is 0 Å². The number of benzene rings is 2. The molecule has 0 N–H and O–H groups in total. The van der Waals surface area contributed by atoms with Gasteiger partial charge < -0.3 is 19.5 Å². The van der Waals surface area contributed by atoms with E-state index in [1.54, 1.807) is 41.8 Å². The van der Waals surface area contributed by atoms with Gasteiger partial charge in [-0.25, -0.2) is 4.79 Å². The minimum atomic E-state index is -0.671. The largest absolute Gasteiger partial charge is 0.381 e. The molecule has 0 aliphatic carbocycles. The van der Waals surface area contributed by atoms with Crippen molar-refractivity contribution < 1.29 is 14.6 Å². The number of nitrogens with zero attached hydrogens (tertiary/aromatic N) is 4. The van der Waals surface area contributed by atoms with Crippen LogP contribution in [0.3, 0.4) is 0 Å². The Labute approximate surface area is 179 Å². The molecule has 3 aromatic rings. The monoisotopic (exact) mass is 476 g/mol. The van der Waals surface area contributed by atoms with E-state index in [9.17, 15) is 14.9 Å². The summed E-state index contributed by atoms with van der Waals surface area (Å²) in [6, 6.07) is 13.5. The van der Waals surface area contributed by atoms with E-state index < -0.39 is 10.9 Å². The zero-order chi connectivity index (χ0) is 21.0. The van der Waals surface area contributed by atoms with Crippen LogP contribution in [0.4, 0.5) is 5.82 Å². The van der Waals surface area contributed by atoms with E-state index in [-0.39, 0.29) is 17.9 Å². The summed E-state index contributed by atoms with van der Waals surface area (Å²) in [5, 5.41) is 15.4. The molecule has 3 rings (SSSR count). The fraction of sp³-hybridized carbons (Fsp3) is 0.105. The number of hydrogen-bond acceptors (Lipinski definition) is 6. The van der Waals surface area contributed by atoms with Crippen molar-refractivity contribution in [2.75, 3.05) is 0 Å². The summed E-state index contributed by atoms with van der Waals surface area (Å²) in [6.07, 6.45) is 1.31. The second-order valence-corrected chi connectivity index (χ2v) is 7.32. The maximum atomic E-state index is 12.3. The molecule has 1 heterocycles. The van der Waals surface area contributed by atoms with Crippen LogP contribution < -0.4 is 0 Å². The van der Waals surface area contributed by atoms with Gasteiger partial charge in [-0.15, -0.1) is 0 Å². The quantitative estimate of drug-likeness (QED) is 0.220. The molecule has 0 unspecified atom stereocenters. The Kier molecular flexibility index (Phi) is 6.40. The molecule has 0 atom stereocenters. The van der Waals surface area contributed by atoms with E-state index in [4.69, 9.17) is 16.4 Å². The first kappa shape index (κ1) is 20.7. The predicted octanol–water partition coefficient (Wildman–Crippen LogP) is 4.78. The zero-order valence-electron chi connectivity index (χ0n) is 15.1. The molecule has 0 radical (unpaired) electrons. The Balaban J connectivity index is 1.90. The van der Waals surface area contributed by atoms with Gasteiger partial charge in [0.1, 0.15) is 11.9 Å². The SMILES string of the molecule is Cc1nc([N+](=O)[O-])cn1C/C(=N/OC(=O)c1cccc(Cl)c1)c1ccc(Br)cc1. The lowest BCUT2D eigenvalue weighted by molar-refractivity contribution is -0.389. The number of carbonyl (C=O) groups excluding carboxylic acids is 1. The molecule has 0 saturated carbocycles. The molecule has 1 aromatic heterocycles. The van der Waals surface area contributed by atoms with Crippen molar-refractivity contribution in [1.82, 2.24) is 9.55 Å². The summed E-state index contributed by atoms with van der Waals surface area (Å²) in [6.45, 7) is 1.77. The number of halogens is 2. The molecule has 8 nitrogen and oxygen atoms in total. The van der Waals surface area contributed by atoms with Crippen LogP contribution in [0.5, 0.6) is 0 Å². The third-order valence-electron chi connectivity index (χ3n) is 3.95. The lowest BCUT2D eigenvalue weighted by Gasteiger charge is -2.08. The Morgan fingerprint density at radius 1 is 1.28 bits per heavy atom. The summed E-state index contributed by atoms with van der Waals surface area (Å²) in [7, 11) is 0. The molecular weight excluding hydrogens is 464 g/mol. The van der Waals surface area contributed by atoms with Crippen molar-refractivity contribution in [2.45, 2.75) is 13.5 Å². The van der Waals surface area contributed by atoms with Crippen molar-refractivity contribution in [2.24, 2.45) is 5.16 Å². The van der Waals surface area contributed by atoms with Crippen molar-refractivity contribution >= 4 is 45.0 Å². The van der Waals surface area contributed by atoms with Gasteiger partial charge in [0.15, 0.2) is 0 Å². The number of aryl methyl sites for hydroxylation is 1. The number of carbonyl (C=O) groups is 1. The van der Waals surface area contributed by atoms with E-state index in [0.29, 0.717) is 22.1 Å². The number of rotatable bonds is 6. The molecule has 148 valence electrons. The van der Waals surface area contributed by atoms with Crippen LogP contribution in [0.15, 0.2) is 64.4 Å². The normalized spacial score (nSPS) is 11.3. The topological polar surface area (TPSA) is 99.6 Å². The minimum absolute atomic E-state index is 0.122. The standard InChI is InChI=1S/C19H14BrClN4O4/c1-12-22-18(25(27)28)11-24(12)10-17(13-5-7-15(20)8-6-13)23-29-19(26)14-3-2-4-16(21)9-14/h2-9,11H,10H2,1H3/b23-17-. The van der Waals surface area contributed by atoms with Crippen molar-refractivity contribution in [3.8, 4) is 0 Å². The molecule has 2 aromatic carbocycles. The highest BCUT2D eigenvalue weighted by molar-refractivity contribution is 9.10. The summed E-state index contributed by atoms with van der Waals surface area (Å²) in [5.74, 6) is -0.508. The van der Waals surface area contributed by atoms with Crippen LogP contribution in [-0.2, 0) is 11.4 Å². The molecule has 10 heteroatoms. The van der Waals surface area contributed by atoms with Crippen molar-refractivity contribution in [3.63, 3.8) is 0 Å². The van der Waals surface area contributed by atoms with E-state index in [1.165, 1.54) is 12.3 Å². The number of imidazole rings is 1. The smallest absolute Gasteiger partial charge is 0.358 e. The minimum Gasteiger partial charge on any atom is -0.358 e. The van der Waals surface area contributed by atoms with Crippen LogP contribution in [0.25, 0.3) is 0 Å². The van der Waals surface area contributed by atoms with Gasteiger partial charge in [0.25, 0.3) is 0 Å². The first-order chi connectivity index (χ1) is 13.8. The molecule has 0 saturated heterocycles. The molecule has 0 fully saturated rings. The number of aromatic nitrogens is 2. The van der Waals surface area contributed by atoms with Gasteiger partial charge >= 0.3 is 11.8 Å². The van der Waals surface area contributed by atoms with E-state index in [0.717, 1.165) is 4.47 Å². The van der Waals surface area contributed by atoms with Gasteiger partial charge in [-0.1, -0.05) is 50.9 Å². The highest BCUT2D eigenvalue weighted by atomic mass is 79.9. The van der Waals surface area contributed by atoms with Crippen LogP contribution in [0, 0.1) is 17.0 Å². The van der Waals surface area contributed by atoms with E-state index >= 15 is 0 Å². The highest BCUT2D eigenvalue weighted by Crippen LogP contribution is 2.16. The first-order valence-corrected chi connectivity index (χ1v) is 9.48. The molecule has 0 bridgehead atoms. The van der Waals surface area contributed by atoms with E-state index in [2.05, 4.69) is 26.1 Å². The maximum absolute atomic E-state index is 12.3. The third kappa shape index (κ3) is 5.27. The summed E-state index contributed by atoms with van der Waals surface area (Å²) in [4.78, 5) is 31.7. The van der Waals surface area contributed by atoms with Gasteiger partial charge in [-0.3, -0.25) is 0 Å². The average Bonchev–Trinajstić information content (AvgIpc) is 3.06. The number of oxime groups is 1. The Hall–Kier alpha value is -3.04. The lowest BCUT2D eigenvalue weighted by Crippen LogP contribution is -2.14. The second kappa shape index (κ2) is 8.97. The molecular formula is C19H14BrClN4O4. The van der Waals surface area contributed by atoms with Gasteiger partial charge in [0.2, 0.25) is 5.82 Å². The van der Waals surface area contributed by atoms with Crippen molar-refractivity contribution in [3.05, 3.63) is 91.3 Å². The van der Waals surface area contributed by atoms with Gasteiger partial charge in [-0.05, 0) is 40.2 Å². The molecule has 0 aliphatic heterocycles. The van der Waals surface area contributed by atoms with Crippen LogP contribution in [0.1, 0.15) is 21.7 Å². The fourth-order valence-corrected chi connectivity index (χ4v) is 2.94. The Morgan fingerprint density at radius 3 is 2.62 bits per heavy atom. The average molecular weight is 478 g/mol. The highest BCUT2D eigenvalue weighted by Gasteiger charge is 2.18. The maximum Gasteiger partial charge on any atom is 0.381 e. The first-order valence-electron chi connectivity index (χ1n) is 8.31. The Bertz CT molecular complexity index is 1100. The zero-order valence-corrected chi connectivity index (χ0v) is 17.4. The summed E-state index contributed by atoms with van der Waals surface area (Å²) in [5.41, 5.74) is 1.33. The lowest BCUT2D eigenvalue weighted by atomic mass is 10.1. The molecule has 0 amide bonds. The molecule has 0 spiro atoms. The van der Waals surface area contributed by atoms with Crippen LogP contribution in [-0.4, -0.2) is 26.2 Å². The fourth-order valence-electron chi connectivity index (χ4n) is 2.48. The summed E-state index contributed by atoms with van der Waals surface area (Å²) < 4.78 is 2.43. The second-order valence-electron chi connectivity index (χ2n) is 5.97. The van der Waals surface area contributed by atoms with Gasteiger partial charge in [0, 0.05) is 22.0 Å². The third-order valence-corrected chi connectivity index (χ3v) is 4.71.